The molecule has 0 radical (unpaired) electrons. The first kappa shape index (κ1) is 14.0. The average Bonchev–Trinajstić information content (AvgIpc) is 2.29. The van der Waals surface area contributed by atoms with Crippen molar-refractivity contribution < 1.29 is 4.74 Å². The van der Waals surface area contributed by atoms with Crippen molar-refractivity contribution in [2.24, 2.45) is 0 Å². The Morgan fingerprint density at radius 3 is 2.18 bits per heavy atom. The van der Waals surface area contributed by atoms with Gasteiger partial charge < -0.3 is 14.5 Å². The molecule has 17 heavy (non-hydrogen) atoms. The molecule has 0 heterocycles. The number of likely N-dealkylation sites (N-methyl/N-ethyl adjacent to an activating group) is 2. The smallest absolute Gasteiger partial charge is 0.119 e. The molecule has 0 aliphatic rings. The summed E-state index contributed by atoms with van der Waals surface area (Å²) < 4.78 is 5.68. The molecule has 1 aromatic carbocycles. The lowest BCUT2D eigenvalue weighted by atomic mass is 10.2. The zero-order valence-electron chi connectivity index (χ0n) is 11.4. The van der Waals surface area contributed by atoms with Gasteiger partial charge in [0.15, 0.2) is 0 Å². The zero-order chi connectivity index (χ0) is 12.7. The van der Waals surface area contributed by atoms with Crippen molar-refractivity contribution in [1.29, 1.82) is 0 Å². The summed E-state index contributed by atoms with van der Waals surface area (Å²) >= 11 is 0. The summed E-state index contributed by atoms with van der Waals surface area (Å²) in [6, 6.07) is 8.19. The largest absolute Gasteiger partial charge is 0.492 e. The standard InChI is InChI=1S/C14H24N2O/c1-13-5-7-14(8-6-13)17-12-11-16(4)10-9-15(2)3/h5-8H,9-12H2,1-4H3. The van der Waals surface area contributed by atoms with Gasteiger partial charge in [-0.25, -0.2) is 0 Å². The van der Waals surface area contributed by atoms with E-state index in [2.05, 4.69) is 50.0 Å². The van der Waals surface area contributed by atoms with Gasteiger partial charge in [-0.15, -0.1) is 0 Å². The Hall–Kier alpha value is -1.06. The quantitative estimate of drug-likeness (QED) is 0.719. The summed E-state index contributed by atoms with van der Waals surface area (Å²) in [4.78, 5) is 4.48. The highest BCUT2D eigenvalue weighted by Crippen LogP contribution is 2.10. The van der Waals surface area contributed by atoms with E-state index in [1.165, 1.54) is 5.56 Å². The molecule has 0 bridgehead atoms. The molecule has 1 rings (SSSR count). The Balaban J connectivity index is 2.16. The van der Waals surface area contributed by atoms with Crippen LogP contribution in [0.2, 0.25) is 0 Å². The Morgan fingerprint density at radius 2 is 1.59 bits per heavy atom. The molecule has 3 nitrogen and oxygen atoms in total. The minimum atomic E-state index is 0.743. The first-order valence-electron chi connectivity index (χ1n) is 6.10. The monoisotopic (exact) mass is 236 g/mol. The van der Waals surface area contributed by atoms with Crippen molar-refractivity contribution >= 4 is 0 Å². The molecule has 0 aromatic heterocycles. The second-order valence-corrected chi connectivity index (χ2v) is 4.77. The van der Waals surface area contributed by atoms with Crippen molar-refractivity contribution in [3.8, 4) is 5.75 Å². The number of hydrogen-bond acceptors (Lipinski definition) is 3. The van der Waals surface area contributed by atoms with Crippen LogP contribution in [0.15, 0.2) is 24.3 Å². The van der Waals surface area contributed by atoms with E-state index in [-0.39, 0.29) is 0 Å². The predicted molar refractivity (Wildman–Crippen MR) is 72.7 cm³/mol. The number of nitrogens with zero attached hydrogens (tertiary/aromatic N) is 2. The van der Waals surface area contributed by atoms with Crippen molar-refractivity contribution in [2.45, 2.75) is 6.92 Å². The summed E-state index contributed by atoms with van der Waals surface area (Å²) in [5.74, 6) is 0.955. The molecule has 96 valence electrons. The van der Waals surface area contributed by atoms with Crippen LogP contribution in [0, 0.1) is 6.92 Å². The third-order valence-electron chi connectivity index (χ3n) is 2.69. The van der Waals surface area contributed by atoms with Gasteiger partial charge in [-0.05, 0) is 40.2 Å². The van der Waals surface area contributed by atoms with Gasteiger partial charge in [0.25, 0.3) is 0 Å². The van der Waals surface area contributed by atoms with Crippen molar-refractivity contribution in [1.82, 2.24) is 9.80 Å². The van der Waals surface area contributed by atoms with Gasteiger partial charge in [-0.2, -0.15) is 0 Å². The molecule has 0 unspecified atom stereocenters. The van der Waals surface area contributed by atoms with Gasteiger partial charge in [-0.3, -0.25) is 0 Å². The fraction of sp³-hybridized carbons (Fsp3) is 0.571. The fourth-order valence-corrected chi connectivity index (χ4v) is 1.44. The zero-order valence-corrected chi connectivity index (χ0v) is 11.4. The maximum atomic E-state index is 5.68. The molecule has 0 atom stereocenters. The van der Waals surface area contributed by atoms with Crippen LogP contribution >= 0.6 is 0 Å². The Morgan fingerprint density at radius 1 is 0.941 bits per heavy atom. The van der Waals surface area contributed by atoms with Gasteiger partial charge >= 0.3 is 0 Å². The predicted octanol–water partition coefficient (Wildman–Crippen LogP) is 1.87. The maximum absolute atomic E-state index is 5.68. The third kappa shape index (κ3) is 6.29. The number of benzene rings is 1. The van der Waals surface area contributed by atoms with Crippen LogP contribution in [0.5, 0.6) is 5.75 Å². The SMILES string of the molecule is Cc1ccc(OCCN(C)CCN(C)C)cc1. The molecule has 0 saturated heterocycles. The summed E-state index contributed by atoms with van der Waals surface area (Å²) in [6.07, 6.45) is 0. The molecule has 0 aliphatic heterocycles. The molecule has 0 saturated carbocycles. The second kappa shape index (κ2) is 7.30. The Kier molecular flexibility index (Phi) is 6.01. The molecule has 3 heteroatoms. The lowest BCUT2D eigenvalue weighted by molar-refractivity contribution is 0.222. The van der Waals surface area contributed by atoms with Crippen LogP contribution in [0.3, 0.4) is 0 Å². The number of ether oxygens (including phenoxy) is 1. The normalized spacial score (nSPS) is 11.2. The topological polar surface area (TPSA) is 15.7 Å². The van der Waals surface area contributed by atoms with Crippen molar-refractivity contribution in [2.75, 3.05) is 47.4 Å². The molecule has 0 spiro atoms. The number of hydrogen-bond donors (Lipinski definition) is 0. The lowest BCUT2D eigenvalue weighted by Gasteiger charge is -2.19. The number of aryl methyl sites for hydroxylation is 1. The highest BCUT2D eigenvalue weighted by molar-refractivity contribution is 5.26. The van der Waals surface area contributed by atoms with Gasteiger partial charge in [0.05, 0.1) is 0 Å². The Labute approximate surface area is 105 Å². The van der Waals surface area contributed by atoms with Crippen LogP contribution in [0.1, 0.15) is 5.56 Å². The first-order valence-corrected chi connectivity index (χ1v) is 6.10. The van der Waals surface area contributed by atoms with Gasteiger partial charge in [0.2, 0.25) is 0 Å². The van der Waals surface area contributed by atoms with Crippen molar-refractivity contribution in [3.05, 3.63) is 29.8 Å². The summed E-state index contributed by atoms with van der Waals surface area (Å²) in [7, 11) is 6.31. The van der Waals surface area contributed by atoms with E-state index in [0.29, 0.717) is 0 Å². The highest BCUT2D eigenvalue weighted by atomic mass is 16.5. The minimum absolute atomic E-state index is 0.743. The van der Waals surface area contributed by atoms with E-state index in [1.807, 2.05) is 12.1 Å². The average molecular weight is 236 g/mol. The highest BCUT2D eigenvalue weighted by Gasteiger charge is 1.99. The van der Waals surface area contributed by atoms with E-state index in [1.54, 1.807) is 0 Å². The molecule has 0 amide bonds. The first-order chi connectivity index (χ1) is 8.08. The van der Waals surface area contributed by atoms with E-state index >= 15 is 0 Å². The minimum Gasteiger partial charge on any atom is -0.492 e. The van der Waals surface area contributed by atoms with Crippen LogP contribution in [-0.2, 0) is 0 Å². The molecular formula is C14H24N2O. The van der Waals surface area contributed by atoms with E-state index in [9.17, 15) is 0 Å². The third-order valence-corrected chi connectivity index (χ3v) is 2.69. The Bertz CT molecular complexity index is 309. The molecule has 0 aliphatic carbocycles. The molecule has 0 fully saturated rings. The molecule has 1 aromatic rings. The summed E-state index contributed by atoms with van der Waals surface area (Å²) in [5, 5.41) is 0. The van der Waals surface area contributed by atoms with E-state index in [0.717, 1.165) is 32.0 Å². The van der Waals surface area contributed by atoms with Crippen LogP contribution in [0.4, 0.5) is 0 Å². The summed E-state index contributed by atoms with van der Waals surface area (Å²) in [5.41, 5.74) is 1.26. The van der Waals surface area contributed by atoms with Gasteiger partial charge in [0, 0.05) is 19.6 Å². The number of rotatable bonds is 7. The molecular weight excluding hydrogens is 212 g/mol. The van der Waals surface area contributed by atoms with Crippen LogP contribution < -0.4 is 4.74 Å². The van der Waals surface area contributed by atoms with Crippen LogP contribution in [-0.4, -0.2) is 57.2 Å². The van der Waals surface area contributed by atoms with E-state index in [4.69, 9.17) is 4.74 Å². The van der Waals surface area contributed by atoms with Crippen molar-refractivity contribution in [3.63, 3.8) is 0 Å². The fourth-order valence-electron chi connectivity index (χ4n) is 1.44. The van der Waals surface area contributed by atoms with Gasteiger partial charge in [0.1, 0.15) is 12.4 Å². The van der Waals surface area contributed by atoms with Gasteiger partial charge in [-0.1, -0.05) is 17.7 Å². The lowest BCUT2D eigenvalue weighted by Crippen LogP contribution is -2.31. The molecule has 0 N–H and O–H groups in total. The maximum Gasteiger partial charge on any atom is 0.119 e. The van der Waals surface area contributed by atoms with Crippen LogP contribution in [0.25, 0.3) is 0 Å². The summed E-state index contributed by atoms with van der Waals surface area (Å²) in [6.45, 7) is 5.94. The van der Waals surface area contributed by atoms with E-state index < -0.39 is 0 Å². The second-order valence-electron chi connectivity index (χ2n) is 4.77.